The smallest absolute Gasteiger partial charge is 0.231 e. The van der Waals surface area contributed by atoms with Crippen LogP contribution in [0.4, 0.5) is 0 Å². The molecule has 1 aliphatic carbocycles. The summed E-state index contributed by atoms with van der Waals surface area (Å²) in [5.41, 5.74) is 9.97. The van der Waals surface area contributed by atoms with Crippen LogP contribution in [0.5, 0.6) is 46.0 Å². The first kappa shape index (κ1) is 70.5. The zero-order valence-electron chi connectivity index (χ0n) is 54.5. The summed E-state index contributed by atoms with van der Waals surface area (Å²) in [7, 11) is 0. The fraction of sp³-hybridized carbons (Fsp3) is 0.684. The van der Waals surface area contributed by atoms with Gasteiger partial charge in [0.25, 0.3) is 0 Å². The molecular formula is C76H108I4O8. The molecule has 0 N–H and O–H groups in total. The van der Waals surface area contributed by atoms with Crippen LogP contribution in [-0.2, 0) is 0 Å². The van der Waals surface area contributed by atoms with Gasteiger partial charge in [0.05, 0.1) is 14.3 Å². The van der Waals surface area contributed by atoms with E-state index in [0.29, 0.717) is 0 Å². The van der Waals surface area contributed by atoms with Gasteiger partial charge in [0.15, 0.2) is 0 Å². The van der Waals surface area contributed by atoms with Crippen molar-refractivity contribution in [3.63, 3.8) is 0 Å². The van der Waals surface area contributed by atoms with Crippen molar-refractivity contribution in [2.75, 3.05) is 27.2 Å². The van der Waals surface area contributed by atoms with Crippen molar-refractivity contribution >= 4 is 90.4 Å². The summed E-state index contributed by atoms with van der Waals surface area (Å²) >= 11 is 10.3. The maximum absolute atomic E-state index is 7.02. The van der Waals surface area contributed by atoms with Gasteiger partial charge >= 0.3 is 0 Å². The Morgan fingerprint density at radius 1 is 0.227 bits per heavy atom. The number of hydrogen-bond acceptors (Lipinski definition) is 8. The quantitative estimate of drug-likeness (QED) is 0.0322. The minimum atomic E-state index is -0.00584. The van der Waals surface area contributed by atoms with E-state index in [1.807, 2.05) is 0 Å². The molecule has 88 heavy (non-hydrogen) atoms. The number of benzene rings is 4. The van der Waals surface area contributed by atoms with Gasteiger partial charge in [-0.3, -0.25) is 0 Å². The number of ether oxygens (including phenoxy) is 8. The van der Waals surface area contributed by atoms with Crippen LogP contribution in [0.1, 0.15) is 353 Å². The Balaban J connectivity index is 1.23. The molecule has 0 spiro atoms. The summed E-state index contributed by atoms with van der Waals surface area (Å²) in [4.78, 5) is 0. The maximum atomic E-state index is 7.02. The summed E-state index contributed by atoms with van der Waals surface area (Å²) in [5, 5.41) is 0. The van der Waals surface area contributed by atoms with Crippen LogP contribution in [0.3, 0.4) is 0 Å². The topological polar surface area (TPSA) is 73.8 Å². The fourth-order valence-electron chi connectivity index (χ4n) is 15.0. The minimum absolute atomic E-state index is 0.00584. The van der Waals surface area contributed by atoms with Crippen molar-refractivity contribution in [3.8, 4) is 46.0 Å². The largest absolute Gasteiger partial charge is 0.456 e. The molecule has 0 fully saturated rings. The summed E-state index contributed by atoms with van der Waals surface area (Å²) in [6.07, 6.45) is 49.9. The summed E-state index contributed by atoms with van der Waals surface area (Å²) in [5.74, 6) is 7.03. The highest BCUT2D eigenvalue weighted by Gasteiger charge is 2.41. The van der Waals surface area contributed by atoms with Crippen molar-refractivity contribution in [2.45, 2.75) is 308 Å². The molecular weight excluding hydrogens is 1550 g/mol. The monoisotopic (exact) mass is 1660 g/mol. The van der Waals surface area contributed by atoms with E-state index in [0.717, 1.165) is 112 Å². The Kier molecular flexibility index (Phi) is 30.4. The number of rotatable bonds is 40. The lowest BCUT2D eigenvalue weighted by molar-refractivity contribution is 0.0950. The predicted octanol–water partition coefficient (Wildman–Crippen LogP) is 25.5. The van der Waals surface area contributed by atoms with Crippen LogP contribution in [0.25, 0.3) is 0 Å². The van der Waals surface area contributed by atoms with Crippen molar-refractivity contribution < 1.29 is 37.9 Å². The van der Waals surface area contributed by atoms with E-state index < -0.39 is 0 Å². The van der Waals surface area contributed by atoms with Crippen LogP contribution >= 0.6 is 90.4 Å². The van der Waals surface area contributed by atoms with E-state index >= 15 is 0 Å². The molecule has 4 heterocycles. The van der Waals surface area contributed by atoms with Gasteiger partial charge in [-0.05, 0) is 140 Å². The molecule has 5 aliphatic rings. The molecule has 0 saturated heterocycles. The minimum Gasteiger partial charge on any atom is -0.456 e. The molecule has 488 valence electrons. The molecule has 0 amide bonds. The molecule has 9 rings (SSSR count). The third-order valence-corrected chi connectivity index (χ3v) is 23.9. The molecule has 4 aromatic rings. The number of unbranched alkanes of at least 4 members (excludes halogenated alkanes) is 32. The van der Waals surface area contributed by atoms with Crippen molar-refractivity contribution in [2.24, 2.45) is 0 Å². The van der Waals surface area contributed by atoms with Gasteiger partial charge in [-0.15, -0.1) is 0 Å². The summed E-state index contributed by atoms with van der Waals surface area (Å²) < 4.78 is 60.2. The van der Waals surface area contributed by atoms with Crippen molar-refractivity contribution in [1.82, 2.24) is 0 Å². The average molecular weight is 1660 g/mol. The van der Waals surface area contributed by atoms with Gasteiger partial charge in [0.2, 0.25) is 27.2 Å². The van der Waals surface area contributed by atoms with Crippen molar-refractivity contribution in [1.29, 1.82) is 0 Å². The SMILES string of the molecule is CCCCCCCCCCCC1c2cc3c4c(I)c2OCOc2c1cc1c(c2I)OCOc2c(cc5c(c2I)OCOc2c(cc(c(c2I)OCO4)C3CCCCCCCCCCC)C5CCCCCCCCCCC)C1CCCCCCCCCCC. The molecule has 8 bridgehead atoms. The van der Waals surface area contributed by atoms with Crippen LogP contribution in [0.2, 0.25) is 0 Å². The molecule has 0 unspecified atom stereocenters. The molecule has 12 heteroatoms. The second-order valence-corrected chi connectivity index (χ2v) is 30.7. The third-order valence-electron chi connectivity index (χ3n) is 20.0. The van der Waals surface area contributed by atoms with Crippen LogP contribution in [0.15, 0.2) is 24.3 Å². The van der Waals surface area contributed by atoms with Gasteiger partial charge in [-0.1, -0.05) is 259 Å². The lowest BCUT2D eigenvalue weighted by Crippen LogP contribution is -2.24. The highest BCUT2D eigenvalue weighted by atomic mass is 127. The maximum Gasteiger partial charge on any atom is 0.231 e. The van der Waals surface area contributed by atoms with Gasteiger partial charge in [0.1, 0.15) is 46.0 Å². The first-order chi connectivity index (χ1) is 43.3. The average Bonchev–Trinajstić information content (AvgIpc) is 0.797. The van der Waals surface area contributed by atoms with Crippen LogP contribution in [0, 0.1) is 14.3 Å². The van der Waals surface area contributed by atoms with E-state index in [9.17, 15) is 0 Å². The normalized spacial score (nSPS) is 17.6. The highest BCUT2D eigenvalue weighted by molar-refractivity contribution is 14.1. The van der Waals surface area contributed by atoms with E-state index in [-0.39, 0.29) is 50.8 Å². The zero-order valence-corrected chi connectivity index (χ0v) is 63.1. The lowest BCUT2D eigenvalue weighted by atomic mass is 9.76. The van der Waals surface area contributed by atoms with Crippen molar-refractivity contribution in [3.05, 3.63) is 83.1 Å². The van der Waals surface area contributed by atoms with E-state index in [4.69, 9.17) is 37.9 Å². The molecule has 0 atom stereocenters. The first-order valence-electron chi connectivity index (χ1n) is 35.8. The number of hydrogen-bond donors (Lipinski definition) is 0. The second kappa shape index (κ2) is 37.9. The summed E-state index contributed by atoms with van der Waals surface area (Å²) in [6.45, 7) is 9.55. The molecule has 8 nitrogen and oxygen atoms in total. The Labute approximate surface area is 587 Å². The van der Waals surface area contributed by atoms with E-state index in [1.54, 1.807) is 0 Å². The Morgan fingerprint density at radius 3 is 0.511 bits per heavy atom. The first-order valence-corrected chi connectivity index (χ1v) is 40.1. The van der Waals surface area contributed by atoms with Gasteiger partial charge < -0.3 is 37.9 Å². The molecule has 0 radical (unpaired) electrons. The zero-order chi connectivity index (χ0) is 61.5. The lowest BCUT2D eigenvalue weighted by Gasteiger charge is -2.36. The predicted molar refractivity (Wildman–Crippen MR) is 396 cm³/mol. The molecule has 0 aromatic heterocycles. The van der Waals surface area contributed by atoms with E-state index in [1.165, 1.54) is 250 Å². The molecule has 4 aromatic carbocycles. The summed E-state index contributed by atoms with van der Waals surface area (Å²) in [6, 6.07) is 10.2. The Morgan fingerprint density at radius 2 is 0.364 bits per heavy atom. The fourth-order valence-corrected chi connectivity index (χ4v) is 18.7. The van der Waals surface area contributed by atoms with E-state index in [2.05, 4.69) is 142 Å². The third kappa shape index (κ3) is 18.4. The molecule has 4 aliphatic heterocycles. The Hall–Kier alpha value is -1.80. The standard InChI is InChI=1S/C76H108I4O8/c1-5-9-13-17-21-25-29-33-37-41-53-57-45-59-54(42-38-34-30-26-22-18-14-10-6-2)61-47-63-56(44-40-36-32-28-24-20-16-12-8-4)64-48-62-55(43-39-35-31-27-23-19-15-11-7-3)60-46-58(53)70-66(78)72(60)84-51-86-74(62)68(80)76(64)88-52-87-75(63)67(79)73(61)85-50-83-71(59)65(77)69(57)81-49-82-70/h45-48,53-56H,5-44,49-52H2,1-4H3. The van der Waals surface area contributed by atoms with Gasteiger partial charge in [0, 0.05) is 68.2 Å². The Bertz CT molecular complexity index is 2300. The van der Waals surface area contributed by atoms with Gasteiger partial charge in [-0.2, -0.15) is 0 Å². The van der Waals surface area contributed by atoms with Crippen LogP contribution in [-0.4, -0.2) is 27.2 Å². The second-order valence-electron chi connectivity index (χ2n) is 26.4. The van der Waals surface area contributed by atoms with Gasteiger partial charge in [-0.25, -0.2) is 0 Å². The number of halogens is 4. The highest BCUT2D eigenvalue weighted by Crippen LogP contribution is 2.59. The molecule has 0 saturated carbocycles. The van der Waals surface area contributed by atoms with Crippen LogP contribution < -0.4 is 37.9 Å².